The van der Waals surface area contributed by atoms with E-state index in [1.807, 2.05) is 30.3 Å². The minimum atomic E-state index is -1.22. The van der Waals surface area contributed by atoms with Crippen LogP contribution in [0.3, 0.4) is 0 Å². The largest absolute Gasteiger partial charge is 0.427 e. The van der Waals surface area contributed by atoms with Crippen LogP contribution in [-0.2, 0) is 9.05 Å². The van der Waals surface area contributed by atoms with Gasteiger partial charge in [0.15, 0.2) is 0 Å². The van der Waals surface area contributed by atoms with Crippen molar-refractivity contribution in [3.63, 3.8) is 0 Å². The first-order chi connectivity index (χ1) is 8.90. The molecular weight excluding hydrogens is 247 g/mol. The van der Waals surface area contributed by atoms with Gasteiger partial charge in [-0.25, -0.2) is 0 Å². The Kier molecular flexibility index (Phi) is 4.14. The maximum absolute atomic E-state index is 5.92. The van der Waals surface area contributed by atoms with Crippen LogP contribution in [0.4, 0.5) is 0 Å². The lowest BCUT2D eigenvalue weighted by Gasteiger charge is -2.32. The molecule has 0 N–H and O–H groups in total. The molecule has 0 amide bonds. The van der Waals surface area contributed by atoms with Gasteiger partial charge in [0.25, 0.3) is 0 Å². The van der Waals surface area contributed by atoms with Gasteiger partial charge in [-0.3, -0.25) is 9.05 Å². The minimum absolute atomic E-state index is 0.347. The molecule has 1 aromatic carbocycles. The summed E-state index contributed by atoms with van der Waals surface area (Å²) >= 11 is 0. The monoisotopic (exact) mass is 266 g/mol. The average molecular weight is 266 g/mol. The molecule has 2 saturated carbocycles. The van der Waals surface area contributed by atoms with Gasteiger partial charge < -0.3 is 4.52 Å². The van der Waals surface area contributed by atoms with Gasteiger partial charge in [-0.2, -0.15) is 0 Å². The summed E-state index contributed by atoms with van der Waals surface area (Å²) < 4.78 is 17.7. The van der Waals surface area contributed by atoms with E-state index in [0.717, 1.165) is 31.4 Å². The molecule has 0 heterocycles. The summed E-state index contributed by atoms with van der Waals surface area (Å²) in [6, 6.07) is 9.81. The lowest BCUT2D eigenvalue weighted by atomic mass is 9.97. The summed E-state index contributed by atoms with van der Waals surface area (Å²) in [6.07, 6.45) is 7.80. The van der Waals surface area contributed by atoms with Crippen molar-refractivity contribution < 1.29 is 13.6 Å². The Bertz CT molecular complexity index is 347. The van der Waals surface area contributed by atoms with Crippen LogP contribution in [0.2, 0.25) is 0 Å². The molecule has 1 aromatic rings. The van der Waals surface area contributed by atoms with Crippen LogP contribution in [-0.4, -0.2) is 12.2 Å². The highest BCUT2D eigenvalue weighted by Crippen LogP contribution is 2.48. The summed E-state index contributed by atoms with van der Waals surface area (Å²) in [6.45, 7) is 0. The third-order valence-corrected chi connectivity index (χ3v) is 4.80. The summed E-state index contributed by atoms with van der Waals surface area (Å²) in [5, 5.41) is 0. The molecule has 0 radical (unpaired) electrons. The van der Waals surface area contributed by atoms with Crippen molar-refractivity contribution in [2.24, 2.45) is 0 Å². The second kappa shape index (κ2) is 6.01. The molecule has 3 nitrogen and oxygen atoms in total. The molecule has 2 fully saturated rings. The highest BCUT2D eigenvalue weighted by molar-refractivity contribution is 7.42. The zero-order valence-corrected chi connectivity index (χ0v) is 11.4. The fourth-order valence-electron chi connectivity index (χ4n) is 1.83. The van der Waals surface area contributed by atoms with E-state index in [-0.39, 0.29) is 0 Å². The van der Waals surface area contributed by atoms with Crippen molar-refractivity contribution in [3.05, 3.63) is 30.3 Å². The Morgan fingerprint density at radius 2 is 1.39 bits per heavy atom. The van der Waals surface area contributed by atoms with E-state index in [9.17, 15) is 0 Å². The van der Waals surface area contributed by atoms with Gasteiger partial charge in [0.1, 0.15) is 5.75 Å². The molecule has 2 aliphatic carbocycles. The molecule has 0 aromatic heterocycles. The summed E-state index contributed by atoms with van der Waals surface area (Å²) in [4.78, 5) is 0. The molecule has 0 saturated heterocycles. The number of benzene rings is 1. The zero-order valence-electron chi connectivity index (χ0n) is 10.5. The molecule has 0 atom stereocenters. The maximum Gasteiger partial charge on any atom is 0.397 e. The third-order valence-electron chi connectivity index (χ3n) is 3.50. The number of para-hydroxylation sites is 1. The van der Waals surface area contributed by atoms with Crippen molar-refractivity contribution in [1.29, 1.82) is 0 Å². The van der Waals surface area contributed by atoms with Crippen LogP contribution < -0.4 is 4.52 Å². The fourth-order valence-corrected chi connectivity index (χ4v) is 3.17. The van der Waals surface area contributed by atoms with Gasteiger partial charge in [-0.05, 0) is 50.7 Å². The van der Waals surface area contributed by atoms with Crippen molar-refractivity contribution in [3.8, 4) is 5.75 Å². The van der Waals surface area contributed by atoms with Crippen molar-refractivity contribution in [1.82, 2.24) is 0 Å². The Morgan fingerprint density at radius 3 is 1.83 bits per heavy atom. The van der Waals surface area contributed by atoms with E-state index < -0.39 is 8.60 Å². The van der Waals surface area contributed by atoms with E-state index >= 15 is 0 Å². The third kappa shape index (κ3) is 3.23. The van der Waals surface area contributed by atoms with E-state index in [1.165, 1.54) is 12.8 Å². The molecule has 0 bridgehead atoms. The Balaban J connectivity index is 1.56. The Labute approximate surface area is 109 Å². The second-order valence-corrected chi connectivity index (χ2v) is 6.00. The highest BCUT2D eigenvalue weighted by Gasteiger charge is 2.30. The fraction of sp³-hybridized carbons (Fsp3) is 0.571. The van der Waals surface area contributed by atoms with Crippen LogP contribution in [0, 0.1) is 0 Å². The normalized spacial score (nSPS) is 20.5. The summed E-state index contributed by atoms with van der Waals surface area (Å²) in [7, 11) is -1.22. The molecule has 18 heavy (non-hydrogen) atoms. The molecule has 98 valence electrons. The van der Waals surface area contributed by atoms with Crippen LogP contribution >= 0.6 is 8.60 Å². The molecule has 2 aliphatic rings. The van der Waals surface area contributed by atoms with Gasteiger partial charge in [-0.15, -0.1) is 0 Å². The average Bonchev–Trinajstić information content (AvgIpc) is 2.29. The second-order valence-electron chi connectivity index (χ2n) is 4.94. The summed E-state index contributed by atoms with van der Waals surface area (Å²) in [5.41, 5.74) is 0. The number of rotatable bonds is 6. The SMILES string of the molecule is c1ccc(OP(OC2CCC2)OC2CCC2)cc1. The summed E-state index contributed by atoms with van der Waals surface area (Å²) in [5.74, 6) is 0.835. The first-order valence-corrected chi connectivity index (χ1v) is 7.86. The van der Waals surface area contributed by atoms with Gasteiger partial charge in [0, 0.05) is 0 Å². The van der Waals surface area contributed by atoms with Crippen molar-refractivity contribution in [2.45, 2.75) is 50.7 Å². The Morgan fingerprint density at radius 1 is 0.833 bits per heavy atom. The van der Waals surface area contributed by atoms with Crippen LogP contribution in [0.1, 0.15) is 38.5 Å². The molecular formula is C14H19O3P. The smallest absolute Gasteiger partial charge is 0.397 e. The van der Waals surface area contributed by atoms with Gasteiger partial charge in [-0.1, -0.05) is 18.2 Å². The van der Waals surface area contributed by atoms with Crippen LogP contribution in [0.25, 0.3) is 0 Å². The minimum Gasteiger partial charge on any atom is -0.427 e. The van der Waals surface area contributed by atoms with Crippen LogP contribution in [0.15, 0.2) is 30.3 Å². The molecule has 0 spiro atoms. The molecule has 4 heteroatoms. The van der Waals surface area contributed by atoms with Gasteiger partial charge in [0.2, 0.25) is 0 Å². The van der Waals surface area contributed by atoms with Gasteiger partial charge >= 0.3 is 8.60 Å². The first-order valence-electron chi connectivity index (χ1n) is 6.77. The predicted octanol–water partition coefficient (Wildman–Crippen LogP) is 4.43. The molecule has 0 unspecified atom stereocenters. The van der Waals surface area contributed by atoms with Crippen LogP contribution in [0.5, 0.6) is 5.75 Å². The van der Waals surface area contributed by atoms with Crippen molar-refractivity contribution in [2.75, 3.05) is 0 Å². The van der Waals surface area contributed by atoms with Crippen molar-refractivity contribution >= 4 is 8.60 Å². The zero-order chi connectivity index (χ0) is 12.2. The maximum atomic E-state index is 5.92. The predicted molar refractivity (Wildman–Crippen MR) is 71.4 cm³/mol. The standard InChI is InChI=1S/C14H19O3P/c1-2-6-12(7-3-1)15-18(16-13-8-4-9-13)17-14-10-5-11-14/h1-3,6-7,13-14H,4-5,8-11H2. The first kappa shape index (κ1) is 12.4. The number of hydrogen-bond acceptors (Lipinski definition) is 3. The topological polar surface area (TPSA) is 27.7 Å². The molecule has 3 rings (SSSR count). The van der Waals surface area contributed by atoms with E-state index in [1.54, 1.807) is 0 Å². The number of hydrogen-bond donors (Lipinski definition) is 0. The quantitative estimate of drug-likeness (QED) is 0.713. The van der Waals surface area contributed by atoms with E-state index in [2.05, 4.69) is 0 Å². The van der Waals surface area contributed by atoms with Gasteiger partial charge in [0.05, 0.1) is 12.2 Å². The highest BCUT2D eigenvalue weighted by atomic mass is 31.2. The van der Waals surface area contributed by atoms with E-state index in [0.29, 0.717) is 12.2 Å². The lowest BCUT2D eigenvalue weighted by molar-refractivity contribution is 0.0503. The Hall–Kier alpha value is -0.630. The molecule has 0 aliphatic heterocycles. The van der Waals surface area contributed by atoms with E-state index in [4.69, 9.17) is 13.6 Å². The lowest BCUT2D eigenvalue weighted by Crippen LogP contribution is -2.24.